The van der Waals surface area contributed by atoms with Gasteiger partial charge >= 0.3 is 0 Å². The lowest BCUT2D eigenvalue weighted by Gasteiger charge is -2.11. The van der Waals surface area contributed by atoms with Crippen LogP contribution in [-0.4, -0.2) is 31.6 Å². The molecule has 0 aliphatic heterocycles. The Morgan fingerprint density at radius 1 is 1.35 bits per heavy atom. The van der Waals surface area contributed by atoms with E-state index < -0.39 is 0 Å². The highest BCUT2D eigenvalue weighted by molar-refractivity contribution is 8.15. The lowest BCUT2D eigenvalue weighted by atomic mass is 10.4. The molecule has 0 spiro atoms. The molecule has 0 radical (unpaired) electrons. The summed E-state index contributed by atoms with van der Waals surface area (Å²) in [6, 6.07) is 0. The second-order valence-electron chi connectivity index (χ2n) is 4.53. The SMILES string of the molecule is C=C(C)C(=O)SC(CC)CSc1nnc(SC(C)C)s1. The van der Waals surface area contributed by atoms with Crippen molar-refractivity contribution in [2.45, 2.75) is 53.3 Å². The molecule has 1 unspecified atom stereocenters. The van der Waals surface area contributed by atoms with Crippen LogP contribution in [0, 0.1) is 0 Å². The molecule has 0 amide bonds. The van der Waals surface area contributed by atoms with Crippen LogP contribution in [0.5, 0.6) is 0 Å². The van der Waals surface area contributed by atoms with Crippen LogP contribution in [0.15, 0.2) is 20.8 Å². The minimum absolute atomic E-state index is 0.0887. The maximum Gasteiger partial charge on any atom is 0.214 e. The van der Waals surface area contributed by atoms with Gasteiger partial charge in [-0.3, -0.25) is 4.79 Å². The first-order valence-electron chi connectivity index (χ1n) is 6.41. The summed E-state index contributed by atoms with van der Waals surface area (Å²) >= 11 is 6.43. The van der Waals surface area contributed by atoms with E-state index in [4.69, 9.17) is 0 Å². The molecular weight excluding hydrogens is 328 g/mol. The Labute approximate surface area is 137 Å². The van der Waals surface area contributed by atoms with E-state index in [1.165, 1.54) is 11.8 Å². The molecular formula is C13H20N2OS4. The third-order valence-corrected chi connectivity index (χ3v) is 7.11. The fraction of sp³-hybridized carbons (Fsp3) is 0.615. The summed E-state index contributed by atoms with van der Waals surface area (Å²) in [4.78, 5) is 11.7. The maximum atomic E-state index is 11.7. The van der Waals surface area contributed by atoms with Gasteiger partial charge in [0.1, 0.15) is 0 Å². The molecule has 1 rings (SSSR count). The molecule has 20 heavy (non-hydrogen) atoms. The zero-order valence-electron chi connectivity index (χ0n) is 12.2. The van der Waals surface area contributed by atoms with Gasteiger partial charge in [-0.25, -0.2) is 0 Å². The number of aromatic nitrogens is 2. The predicted molar refractivity (Wildman–Crippen MR) is 93.1 cm³/mol. The van der Waals surface area contributed by atoms with Crippen LogP contribution >= 0.6 is 46.6 Å². The highest BCUT2D eigenvalue weighted by atomic mass is 32.2. The Morgan fingerprint density at radius 2 is 2.00 bits per heavy atom. The lowest BCUT2D eigenvalue weighted by molar-refractivity contribution is -0.107. The predicted octanol–water partition coefficient (Wildman–Crippen LogP) is 4.75. The molecule has 0 aromatic carbocycles. The van der Waals surface area contributed by atoms with Gasteiger partial charge in [-0.15, -0.1) is 10.2 Å². The topological polar surface area (TPSA) is 42.9 Å². The number of nitrogens with zero attached hydrogens (tertiary/aromatic N) is 2. The quantitative estimate of drug-likeness (QED) is 0.499. The van der Waals surface area contributed by atoms with Gasteiger partial charge in [0.05, 0.1) is 0 Å². The van der Waals surface area contributed by atoms with Gasteiger partial charge in [0.2, 0.25) is 5.12 Å². The third kappa shape index (κ3) is 6.65. The highest BCUT2D eigenvalue weighted by Crippen LogP contribution is 2.33. The highest BCUT2D eigenvalue weighted by Gasteiger charge is 2.15. The summed E-state index contributed by atoms with van der Waals surface area (Å²) < 4.78 is 2.00. The summed E-state index contributed by atoms with van der Waals surface area (Å²) in [7, 11) is 0. The van der Waals surface area contributed by atoms with Gasteiger partial charge in [-0.1, -0.05) is 74.0 Å². The van der Waals surface area contributed by atoms with Crippen molar-refractivity contribution < 1.29 is 4.79 Å². The molecule has 0 saturated carbocycles. The molecule has 0 aliphatic rings. The number of carbonyl (C=O) groups excluding carboxylic acids is 1. The first-order chi connectivity index (χ1) is 9.42. The van der Waals surface area contributed by atoms with E-state index in [0.29, 0.717) is 16.1 Å². The summed E-state index contributed by atoms with van der Waals surface area (Å²) in [5, 5.41) is 9.27. The van der Waals surface area contributed by atoms with Crippen LogP contribution in [-0.2, 0) is 4.79 Å². The van der Waals surface area contributed by atoms with Gasteiger partial charge in [0.25, 0.3) is 0 Å². The number of carbonyl (C=O) groups is 1. The normalized spacial score (nSPS) is 12.7. The second kappa shape index (κ2) is 9.12. The largest absolute Gasteiger partial charge is 0.282 e. The van der Waals surface area contributed by atoms with E-state index in [2.05, 4.69) is 37.5 Å². The van der Waals surface area contributed by atoms with Crippen molar-refractivity contribution in [2.24, 2.45) is 0 Å². The van der Waals surface area contributed by atoms with Crippen LogP contribution in [0.3, 0.4) is 0 Å². The average molecular weight is 349 g/mol. The van der Waals surface area contributed by atoms with Crippen molar-refractivity contribution in [1.82, 2.24) is 10.2 Å². The Balaban J connectivity index is 2.45. The zero-order valence-corrected chi connectivity index (χ0v) is 15.5. The van der Waals surface area contributed by atoms with Crippen LogP contribution in [0.1, 0.15) is 34.1 Å². The Morgan fingerprint density at radius 3 is 2.55 bits per heavy atom. The number of rotatable bonds is 8. The molecule has 0 bridgehead atoms. The summed E-state index contributed by atoms with van der Waals surface area (Å²) in [6.07, 6.45) is 0.961. The van der Waals surface area contributed by atoms with Gasteiger partial charge in [-0.2, -0.15) is 0 Å². The smallest absolute Gasteiger partial charge is 0.214 e. The Kier molecular flexibility index (Phi) is 8.24. The minimum atomic E-state index is 0.0887. The van der Waals surface area contributed by atoms with Gasteiger partial charge in [0, 0.05) is 16.3 Å². The lowest BCUT2D eigenvalue weighted by Crippen LogP contribution is -2.09. The van der Waals surface area contributed by atoms with Crippen LogP contribution in [0.25, 0.3) is 0 Å². The summed E-state index contributed by atoms with van der Waals surface area (Å²) in [6.45, 7) is 11.8. The molecule has 1 aromatic heterocycles. The van der Waals surface area contributed by atoms with Crippen molar-refractivity contribution in [2.75, 3.05) is 5.75 Å². The van der Waals surface area contributed by atoms with Crippen LogP contribution in [0.2, 0.25) is 0 Å². The van der Waals surface area contributed by atoms with Crippen molar-refractivity contribution in [3.63, 3.8) is 0 Å². The molecule has 1 atom stereocenters. The van der Waals surface area contributed by atoms with Crippen molar-refractivity contribution in [1.29, 1.82) is 0 Å². The van der Waals surface area contributed by atoms with E-state index >= 15 is 0 Å². The first kappa shape index (κ1) is 18.1. The van der Waals surface area contributed by atoms with Crippen molar-refractivity contribution >= 4 is 51.7 Å². The van der Waals surface area contributed by atoms with E-state index in [1.807, 2.05) is 0 Å². The molecule has 112 valence electrons. The third-order valence-electron chi connectivity index (χ3n) is 2.19. The molecule has 0 N–H and O–H groups in total. The maximum absolute atomic E-state index is 11.7. The average Bonchev–Trinajstić information content (AvgIpc) is 2.80. The van der Waals surface area contributed by atoms with Crippen LogP contribution in [0.4, 0.5) is 0 Å². The van der Waals surface area contributed by atoms with E-state index in [9.17, 15) is 4.79 Å². The van der Waals surface area contributed by atoms with Gasteiger partial charge in [0.15, 0.2) is 8.68 Å². The van der Waals surface area contributed by atoms with Crippen LogP contribution < -0.4 is 0 Å². The number of thioether (sulfide) groups is 3. The van der Waals surface area contributed by atoms with Gasteiger partial charge in [-0.05, 0) is 18.9 Å². The Hall–Kier alpha value is 0.0200. The standard InChI is InChI=1S/C13H20N2OS4/c1-6-10(19-11(16)8(2)3)7-17-12-14-15-13(20-12)18-9(4)5/h9-10H,2,6-7H2,1,3-5H3. The summed E-state index contributed by atoms with van der Waals surface area (Å²) in [5.74, 6) is 0.876. The molecule has 0 saturated heterocycles. The Bertz CT molecular complexity index is 459. The molecule has 1 aromatic rings. The first-order valence-corrected chi connectivity index (χ1v) is 9.98. The van der Waals surface area contributed by atoms with E-state index in [1.54, 1.807) is 41.8 Å². The number of hydrogen-bond donors (Lipinski definition) is 0. The van der Waals surface area contributed by atoms with Gasteiger partial charge < -0.3 is 0 Å². The minimum Gasteiger partial charge on any atom is -0.282 e. The number of hydrogen-bond acceptors (Lipinski definition) is 7. The zero-order chi connectivity index (χ0) is 15.1. The van der Waals surface area contributed by atoms with Crippen molar-refractivity contribution in [3.05, 3.63) is 12.2 Å². The van der Waals surface area contributed by atoms with E-state index in [-0.39, 0.29) is 5.12 Å². The molecule has 0 aliphatic carbocycles. The molecule has 1 heterocycles. The second-order valence-corrected chi connectivity index (χ2v) is 9.87. The fourth-order valence-electron chi connectivity index (χ4n) is 1.16. The van der Waals surface area contributed by atoms with E-state index in [0.717, 1.165) is 20.9 Å². The van der Waals surface area contributed by atoms with Crippen molar-refractivity contribution in [3.8, 4) is 0 Å². The summed E-state index contributed by atoms with van der Waals surface area (Å²) in [5.41, 5.74) is 0.616. The molecule has 0 fully saturated rings. The molecule has 3 nitrogen and oxygen atoms in total. The monoisotopic (exact) mass is 348 g/mol. The molecule has 7 heteroatoms. The fourth-order valence-corrected chi connectivity index (χ4v) is 5.61.